The van der Waals surface area contributed by atoms with Crippen LogP contribution >= 0.6 is 0 Å². The zero-order chi connectivity index (χ0) is 36.7. The van der Waals surface area contributed by atoms with Crippen LogP contribution in [0.1, 0.15) is 88.2 Å². The van der Waals surface area contributed by atoms with Crippen molar-refractivity contribution in [2.75, 3.05) is 11.1 Å². The van der Waals surface area contributed by atoms with E-state index in [0.29, 0.717) is 17.2 Å². The third-order valence-electron chi connectivity index (χ3n) is 9.16. The largest absolute Gasteiger partial charge is 0.480 e. The summed E-state index contributed by atoms with van der Waals surface area (Å²) in [7, 11) is -1.83. The predicted molar refractivity (Wildman–Crippen MR) is 193 cm³/mol. The number of nitrogens with zero attached hydrogens (tertiary/aromatic N) is 4. The Bertz CT molecular complexity index is 1970. The van der Waals surface area contributed by atoms with Crippen molar-refractivity contribution in [2.24, 2.45) is 18.9 Å². The van der Waals surface area contributed by atoms with Crippen LogP contribution in [0.3, 0.4) is 0 Å². The fraction of sp³-hybridized carbons (Fsp3) is 0.459. The SMILES string of the molecule is CCCC(c1ccc2c(C)n(C)nc2c1)c1ccnc(Nc2ccc(C)c(S(=O)(=O)CCC(C)C(=O)CCC(=O)NC(C(=O)O)C(C)C)c2)n1. The number of carbonyl (C=O) groups is 3. The molecule has 0 spiro atoms. The molecule has 3 N–H and O–H groups in total. The van der Waals surface area contributed by atoms with Crippen molar-refractivity contribution in [1.82, 2.24) is 25.1 Å². The summed E-state index contributed by atoms with van der Waals surface area (Å²) in [5, 5.41) is 20.7. The third kappa shape index (κ3) is 9.32. The summed E-state index contributed by atoms with van der Waals surface area (Å²) in [5.74, 6) is -2.73. The van der Waals surface area contributed by atoms with Gasteiger partial charge in [0.05, 0.1) is 21.9 Å². The first-order valence-electron chi connectivity index (χ1n) is 17.0. The molecule has 2 aromatic heterocycles. The molecule has 0 saturated heterocycles. The number of amides is 1. The predicted octanol–water partition coefficient (Wildman–Crippen LogP) is 6.03. The number of aryl methyl sites for hydroxylation is 3. The van der Waals surface area contributed by atoms with Crippen LogP contribution in [0.15, 0.2) is 53.6 Å². The smallest absolute Gasteiger partial charge is 0.326 e. The summed E-state index contributed by atoms with van der Waals surface area (Å²) in [6, 6.07) is 12.3. The number of nitrogens with one attached hydrogen (secondary N) is 2. The van der Waals surface area contributed by atoms with Crippen LogP contribution in [-0.2, 0) is 31.3 Å². The summed E-state index contributed by atoms with van der Waals surface area (Å²) in [6.45, 7) is 10.9. The number of fused-ring (bicyclic) bond motifs is 1. The summed E-state index contributed by atoms with van der Waals surface area (Å²) < 4.78 is 28.9. The van der Waals surface area contributed by atoms with Gasteiger partial charge in [0, 0.05) is 54.7 Å². The van der Waals surface area contributed by atoms with E-state index in [0.717, 1.165) is 40.7 Å². The van der Waals surface area contributed by atoms with Gasteiger partial charge >= 0.3 is 5.97 Å². The van der Waals surface area contributed by atoms with Crippen molar-refractivity contribution in [3.63, 3.8) is 0 Å². The summed E-state index contributed by atoms with van der Waals surface area (Å²) in [6.07, 6.45) is 3.32. The highest BCUT2D eigenvalue weighted by atomic mass is 32.2. The second-order valence-electron chi connectivity index (χ2n) is 13.3. The number of carboxylic acids is 1. The number of ketones is 1. The number of carbonyl (C=O) groups excluding carboxylic acids is 2. The van der Waals surface area contributed by atoms with Crippen LogP contribution in [-0.4, -0.2) is 62.7 Å². The Morgan fingerprint density at radius 3 is 2.40 bits per heavy atom. The first kappa shape index (κ1) is 38.2. The number of anilines is 2. The molecule has 0 aliphatic heterocycles. The standard InChI is InChI=1S/C37H48N6O6S/c1-8-9-29(26-11-13-28-25(6)43(7)42-31(28)20-26)30-16-18-38-37(40-30)39-27-12-10-24(5)33(21-27)50(48,49)19-17-23(4)32(44)14-15-34(45)41-35(22(2)3)36(46)47/h10-13,16,18,20-23,29,35H,8-9,14-15,17,19H2,1-7H3,(H,41,45)(H,46,47)(H,38,39,40). The van der Waals surface area contributed by atoms with E-state index < -0.39 is 33.7 Å². The Kier molecular flexibility index (Phi) is 12.5. The molecule has 0 bridgehead atoms. The van der Waals surface area contributed by atoms with E-state index in [2.05, 4.69) is 45.8 Å². The summed E-state index contributed by atoms with van der Waals surface area (Å²) in [5.41, 5.74) is 5.07. The molecular formula is C37H48N6O6S. The van der Waals surface area contributed by atoms with Crippen molar-refractivity contribution in [1.29, 1.82) is 0 Å². The first-order chi connectivity index (χ1) is 23.6. The first-order valence-corrected chi connectivity index (χ1v) is 18.7. The van der Waals surface area contributed by atoms with E-state index in [-0.39, 0.29) is 47.5 Å². The highest BCUT2D eigenvalue weighted by Gasteiger charge is 2.25. The van der Waals surface area contributed by atoms with Crippen LogP contribution in [0.2, 0.25) is 0 Å². The molecule has 268 valence electrons. The van der Waals surface area contributed by atoms with Gasteiger partial charge in [-0.15, -0.1) is 0 Å². The Balaban J connectivity index is 1.43. The molecule has 50 heavy (non-hydrogen) atoms. The van der Waals surface area contributed by atoms with Crippen molar-refractivity contribution < 1.29 is 27.9 Å². The lowest BCUT2D eigenvalue weighted by Crippen LogP contribution is -2.44. The average molecular weight is 705 g/mol. The molecular weight excluding hydrogens is 657 g/mol. The van der Waals surface area contributed by atoms with E-state index in [1.165, 1.54) is 0 Å². The summed E-state index contributed by atoms with van der Waals surface area (Å²) in [4.78, 5) is 45.7. The van der Waals surface area contributed by atoms with E-state index >= 15 is 0 Å². The van der Waals surface area contributed by atoms with Gasteiger partial charge in [-0.2, -0.15) is 5.10 Å². The molecule has 2 heterocycles. The van der Waals surface area contributed by atoms with Crippen LogP contribution in [0.4, 0.5) is 11.6 Å². The Hall–Kier alpha value is -4.65. The van der Waals surface area contributed by atoms with Gasteiger partial charge in [-0.1, -0.05) is 52.3 Å². The maximum atomic E-state index is 13.5. The fourth-order valence-electron chi connectivity index (χ4n) is 5.95. The van der Waals surface area contributed by atoms with Gasteiger partial charge in [-0.3, -0.25) is 14.3 Å². The van der Waals surface area contributed by atoms with E-state index in [4.69, 9.17) is 4.98 Å². The Morgan fingerprint density at radius 2 is 1.72 bits per heavy atom. The molecule has 0 aliphatic rings. The number of aliphatic carboxylic acids is 1. The van der Waals surface area contributed by atoms with Gasteiger partial charge in [-0.05, 0) is 68.0 Å². The number of sulfone groups is 1. The number of hydrogen-bond acceptors (Lipinski definition) is 9. The number of Topliss-reactive ketones (excluding diaryl/α,β-unsaturated/α-hetero) is 1. The minimum Gasteiger partial charge on any atom is -0.480 e. The van der Waals surface area contributed by atoms with E-state index in [1.807, 2.05) is 24.7 Å². The maximum absolute atomic E-state index is 13.5. The minimum absolute atomic E-state index is 0.0185. The van der Waals surface area contributed by atoms with E-state index in [9.17, 15) is 27.9 Å². The van der Waals surface area contributed by atoms with E-state index in [1.54, 1.807) is 52.1 Å². The molecule has 1 amide bonds. The van der Waals surface area contributed by atoms with Gasteiger partial charge in [0.15, 0.2) is 9.84 Å². The van der Waals surface area contributed by atoms with Crippen molar-refractivity contribution in [3.8, 4) is 0 Å². The topological polar surface area (TPSA) is 173 Å². The number of rotatable bonds is 17. The highest BCUT2D eigenvalue weighted by Crippen LogP contribution is 2.32. The molecule has 2 aromatic carbocycles. The fourth-order valence-corrected chi connectivity index (χ4v) is 7.70. The second-order valence-corrected chi connectivity index (χ2v) is 15.4. The minimum atomic E-state index is -3.77. The normalized spacial score (nSPS) is 13.6. The molecule has 4 rings (SSSR count). The lowest BCUT2D eigenvalue weighted by molar-refractivity contribution is -0.143. The number of benzene rings is 2. The third-order valence-corrected chi connectivity index (χ3v) is 11.0. The molecule has 12 nitrogen and oxygen atoms in total. The molecule has 0 radical (unpaired) electrons. The van der Waals surface area contributed by atoms with Gasteiger partial charge in [0.1, 0.15) is 11.8 Å². The van der Waals surface area contributed by atoms with Crippen molar-refractivity contribution >= 4 is 50.0 Å². The van der Waals surface area contributed by atoms with Crippen molar-refractivity contribution in [2.45, 2.75) is 90.5 Å². The van der Waals surface area contributed by atoms with Crippen molar-refractivity contribution in [3.05, 3.63) is 71.2 Å². The monoisotopic (exact) mass is 704 g/mol. The lowest BCUT2D eigenvalue weighted by Gasteiger charge is -2.18. The lowest BCUT2D eigenvalue weighted by atomic mass is 9.90. The van der Waals surface area contributed by atoms with Gasteiger partial charge in [-0.25, -0.2) is 23.2 Å². The Labute approximate surface area is 294 Å². The molecule has 4 aromatic rings. The summed E-state index contributed by atoms with van der Waals surface area (Å²) >= 11 is 0. The number of aromatic nitrogens is 4. The van der Waals surface area contributed by atoms with Gasteiger partial charge in [0.2, 0.25) is 11.9 Å². The number of hydrogen-bond donors (Lipinski definition) is 3. The van der Waals surface area contributed by atoms with Gasteiger partial charge < -0.3 is 15.7 Å². The zero-order valence-corrected chi connectivity index (χ0v) is 30.7. The molecule has 3 unspecified atom stereocenters. The molecule has 13 heteroatoms. The molecule has 0 saturated carbocycles. The highest BCUT2D eigenvalue weighted by molar-refractivity contribution is 7.91. The zero-order valence-electron chi connectivity index (χ0n) is 29.9. The quantitative estimate of drug-likeness (QED) is 0.118. The second kappa shape index (κ2) is 16.4. The average Bonchev–Trinajstić information content (AvgIpc) is 3.36. The molecule has 0 aliphatic carbocycles. The van der Waals surface area contributed by atoms with Crippen LogP contribution in [0.5, 0.6) is 0 Å². The number of carboxylic acid groups (broad SMARTS) is 1. The molecule has 0 fully saturated rings. The van der Waals surface area contributed by atoms with Crippen LogP contribution in [0.25, 0.3) is 10.9 Å². The maximum Gasteiger partial charge on any atom is 0.326 e. The Morgan fingerprint density at radius 1 is 0.980 bits per heavy atom. The molecule has 3 atom stereocenters. The van der Waals surface area contributed by atoms with Gasteiger partial charge in [0.25, 0.3) is 0 Å². The van der Waals surface area contributed by atoms with Crippen LogP contribution < -0.4 is 10.6 Å². The van der Waals surface area contributed by atoms with Crippen LogP contribution in [0, 0.1) is 25.7 Å².